The van der Waals surface area contributed by atoms with E-state index in [1.54, 1.807) is 35.6 Å². The summed E-state index contributed by atoms with van der Waals surface area (Å²) >= 11 is 6.20. The summed E-state index contributed by atoms with van der Waals surface area (Å²) in [7, 11) is 0. The van der Waals surface area contributed by atoms with Crippen molar-refractivity contribution in [3.05, 3.63) is 89.7 Å². The van der Waals surface area contributed by atoms with Crippen molar-refractivity contribution in [1.29, 1.82) is 0 Å². The minimum Gasteiger partial charge on any atom is -0.434 e. The van der Waals surface area contributed by atoms with Gasteiger partial charge in [-0.25, -0.2) is 9.50 Å². The third-order valence-electron chi connectivity index (χ3n) is 6.25. The smallest absolute Gasteiger partial charge is 0.387 e. The largest absolute Gasteiger partial charge is 0.434 e. The molecule has 0 aliphatic heterocycles. The number of nitrogens with one attached hydrogen (secondary N) is 1. The van der Waals surface area contributed by atoms with Crippen molar-refractivity contribution in [2.24, 2.45) is 0 Å². The van der Waals surface area contributed by atoms with Gasteiger partial charge in [-0.15, -0.1) is 0 Å². The molecule has 13 nitrogen and oxygen atoms in total. The highest BCUT2D eigenvalue weighted by atomic mass is 35.5. The molecule has 0 radical (unpaired) electrons. The molecule has 0 saturated heterocycles. The van der Waals surface area contributed by atoms with Crippen LogP contribution >= 0.6 is 11.6 Å². The molecule has 4 aromatic heterocycles. The number of carbonyl (C=O) groups excluding carboxylic acids is 3. The average Bonchev–Trinajstić information content (AvgIpc) is 3.61. The fraction of sp³-hybridized carbons (Fsp3) is 0.179. The number of rotatable bonds is 13. The molecule has 0 aliphatic carbocycles. The van der Waals surface area contributed by atoms with Crippen molar-refractivity contribution in [1.82, 2.24) is 34.3 Å². The maximum absolute atomic E-state index is 13.4. The Morgan fingerprint density at radius 2 is 2.02 bits per heavy atom. The Morgan fingerprint density at radius 3 is 2.80 bits per heavy atom. The molecule has 1 aromatic carbocycles. The summed E-state index contributed by atoms with van der Waals surface area (Å²) in [4.78, 5) is 46.1. The van der Waals surface area contributed by atoms with Crippen molar-refractivity contribution >= 4 is 41.3 Å². The maximum atomic E-state index is 13.4. The minimum absolute atomic E-state index is 0.0584. The van der Waals surface area contributed by atoms with Gasteiger partial charge in [-0.05, 0) is 35.9 Å². The number of aromatic nitrogens is 6. The maximum Gasteiger partial charge on any atom is 0.387 e. The van der Waals surface area contributed by atoms with Gasteiger partial charge < -0.3 is 14.8 Å². The van der Waals surface area contributed by atoms with E-state index in [0.717, 1.165) is 5.56 Å². The van der Waals surface area contributed by atoms with E-state index in [1.807, 2.05) is 6.07 Å². The van der Waals surface area contributed by atoms with Gasteiger partial charge >= 0.3 is 19.1 Å². The van der Waals surface area contributed by atoms with E-state index in [1.165, 1.54) is 46.0 Å². The number of anilines is 1. The quantitative estimate of drug-likeness (QED) is 0.117. The Bertz CT molecular complexity index is 1780. The van der Waals surface area contributed by atoms with E-state index in [4.69, 9.17) is 16.3 Å². The van der Waals surface area contributed by atoms with Gasteiger partial charge in [-0.2, -0.15) is 19.0 Å². The van der Waals surface area contributed by atoms with Gasteiger partial charge in [0, 0.05) is 54.7 Å². The number of alkyl halides is 2. The minimum atomic E-state index is -3.13. The predicted octanol–water partition coefficient (Wildman–Crippen LogP) is 3.70. The summed E-state index contributed by atoms with van der Waals surface area (Å²) in [5.41, 5.74) is 1.63. The summed E-state index contributed by atoms with van der Waals surface area (Å²) in [6.07, 6.45) is 9.24. The van der Waals surface area contributed by atoms with Gasteiger partial charge in [-0.3, -0.25) is 28.9 Å². The van der Waals surface area contributed by atoms with Gasteiger partial charge in [0.25, 0.3) is 5.91 Å². The Labute approximate surface area is 253 Å². The first-order valence-corrected chi connectivity index (χ1v) is 13.3. The molecule has 0 bridgehead atoms. The molecule has 0 aliphatic rings. The molecule has 16 heteroatoms. The van der Waals surface area contributed by atoms with Crippen LogP contribution < -0.4 is 10.1 Å². The highest BCUT2D eigenvalue weighted by Crippen LogP contribution is 2.37. The normalized spacial score (nSPS) is 11.2. The molecule has 4 heterocycles. The molecule has 44 heavy (non-hydrogen) atoms. The second kappa shape index (κ2) is 13.8. The Hall–Kier alpha value is -5.28. The van der Waals surface area contributed by atoms with Gasteiger partial charge in [0.05, 0.1) is 25.0 Å². The van der Waals surface area contributed by atoms with Gasteiger partial charge in [-0.1, -0.05) is 17.7 Å². The van der Waals surface area contributed by atoms with Crippen LogP contribution in [-0.4, -0.2) is 72.3 Å². The summed E-state index contributed by atoms with van der Waals surface area (Å²) in [6.45, 7) is -2.60. The van der Waals surface area contributed by atoms with E-state index in [-0.39, 0.29) is 59.4 Å². The lowest BCUT2D eigenvalue weighted by Gasteiger charge is -2.20. The molecular formula is C28H23ClF2N8O5. The molecule has 226 valence electrons. The Kier molecular flexibility index (Phi) is 9.46. The third kappa shape index (κ3) is 7.37. The lowest BCUT2D eigenvalue weighted by Crippen LogP contribution is -2.33. The topological polar surface area (TPSA) is 146 Å². The van der Waals surface area contributed by atoms with Crippen LogP contribution in [0.25, 0.3) is 16.9 Å². The summed E-state index contributed by atoms with van der Waals surface area (Å²) < 4.78 is 38.6. The molecular weight excluding hydrogens is 602 g/mol. The van der Waals surface area contributed by atoms with Crippen LogP contribution in [0.15, 0.2) is 73.6 Å². The van der Waals surface area contributed by atoms with Crippen molar-refractivity contribution in [2.75, 3.05) is 18.4 Å². The molecule has 0 unspecified atom stereocenters. The fourth-order valence-electron chi connectivity index (χ4n) is 4.37. The SMILES string of the molecule is O=COC(=O)CN(CCn1cc(NC(=O)c2cnn3cccnc23)c(-c2cc(Cl)ccc2OC(F)F)n1)Cc1cccnc1. The zero-order chi connectivity index (χ0) is 31.1. The highest BCUT2D eigenvalue weighted by Gasteiger charge is 2.23. The van der Waals surface area contributed by atoms with Crippen LogP contribution in [0.2, 0.25) is 5.02 Å². The number of ether oxygens (including phenoxy) is 2. The molecule has 0 fully saturated rings. The van der Waals surface area contributed by atoms with Crippen molar-refractivity contribution in [3.8, 4) is 17.0 Å². The number of halogens is 3. The summed E-state index contributed by atoms with van der Waals surface area (Å²) in [5.74, 6) is -1.54. The van der Waals surface area contributed by atoms with Crippen molar-refractivity contribution in [2.45, 2.75) is 19.7 Å². The average molecular weight is 625 g/mol. The fourth-order valence-corrected chi connectivity index (χ4v) is 4.54. The molecule has 0 saturated carbocycles. The van der Waals surface area contributed by atoms with Crippen LogP contribution in [0.1, 0.15) is 15.9 Å². The second-order valence-corrected chi connectivity index (χ2v) is 9.67. The third-order valence-corrected chi connectivity index (χ3v) is 6.49. The van der Waals surface area contributed by atoms with Gasteiger partial charge in [0.15, 0.2) is 5.65 Å². The van der Waals surface area contributed by atoms with Gasteiger partial charge in [0.1, 0.15) is 17.0 Å². The molecule has 0 atom stereocenters. The van der Waals surface area contributed by atoms with E-state index >= 15 is 0 Å². The number of pyridine rings is 1. The van der Waals surface area contributed by atoms with Gasteiger partial charge in [0.2, 0.25) is 0 Å². The molecule has 5 aromatic rings. The Morgan fingerprint density at radius 1 is 1.16 bits per heavy atom. The van der Waals surface area contributed by atoms with Crippen LogP contribution in [0, 0.1) is 0 Å². The highest BCUT2D eigenvalue weighted by molar-refractivity contribution is 6.31. The predicted molar refractivity (Wildman–Crippen MR) is 152 cm³/mol. The Balaban J connectivity index is 1.47. The van der Waals surface area contributed by atoms with Crippen LogP contribution in [0.5, 0.6) is 5.75 Å². The van der Waals surface area contributed by atoms with Crippen molar-refractivity contribution < 1.29 is 32.6 Å². The second-order valence-electron chi connectivity index (χ2n) is 9.23. The van der Waals surface area contributed by atoms with E-state index < -0.39 is 18.5 Å². The lowest BCUT2D eigenvalue weighted by atomic mass is 10.1. The number of nitrogens with zero attached hydrogens (tertiary/aromatic N) is 7. The zero-order valence-electron chi connectivity index (χ0n) is 22.7. The number of hydrogen-bond donors (Lipinski definition) is 1. The number of carbonyl (C=O) groups is 3. The summed E-state index contributed by atoms with van der Waals surface area (Å²) in [5, 5.41) is 11.7. The van der Waals surface area contributed by atoms with E-state index in [0.29, 0.717) is 12.2 Å². The number of esters is 1. The first-order valence-electron chi connectivity index (χ1n) is 13.0. The number of benzene rings is 1. The van der Waals surface area contributed by atoms with E-state index in [9.17, 15) is 23.2 Å². The molecule has 1 amide bonds. The number of amides is 1. The molecule has 1 N–H and O–H groups in total. The molecule has 5 rings (SSSR count). The van der Waals surface area contributed by atoms with Crippen molar-refractivity contribution in [3.63, 3.8) is 0 Å². The first-order chi connectivity index (χ1) is 21.3. The molecule has 0 spiro atoms. The lowest BCUT2D eigenvalue weighted by molar-refractivity contribution is -0.152. The van der Waals surface area contributed by atoms with Crippen LogP contribution in [0.4, 0.5) is 14.5 Å². The summed E-state index contributed by atoms with van der Waals surface area (Å²) in [6, 6.07) is 9.28. The monoisotopic (exact) mass is 624 g/mol. The zero-order valence-corrected chi connectivity index (χ0v) is 23.5. The van der Waals surface area contributed by atoms with Crippen LogP contribution in [-0.2, 0) is 27.4 Å². The first kappa shape index (κ1) is 30.2. The number of hydrogen-bond acceptors (Lipinski definition) is 10. The van der Waals surface area contributed by atoms with Crippen LogP contribution in [0.3, 0.4) is 0 Å². The number of fused-ring (bicyclic) bond motifs is 1. The standard InChI is InChI=1S/C28H23ClF2N8O5/c29-19-4-5-23(44-28(30)31)20(11-19)25-22(35-27(42)21-13-34-39-8-2-7-33-26(21)39)15-38(36-25)10-9-37(16-24(41)43-17-40)14-18-3-1-6-32-12-18/h1-8,11-13,15,17,28H,9-10,14,16H2,(H,35,42). The van der Waals surface area contributed by atoms with E-state index in [2.05, 4.69) is 30.2 Å².